The molecule has 4 heteroatoms. The third kappa shape index (κ3) is 2.82. The molecule has 1 aliphatic carbocycles. The highest BCUT2D eigenvalue weighted by molar-refractivity contribution is 5.69. The third-order valence-electron chi connectivity index (χ3n) is 4.13. The van der Waals surface area contributed by atoms with Crippen molar-refractivity contribution >= 4 is 0 Å². The third-order valence-corrected chi connectivity index (χ3v) is 4.13. The number of hydrogen-bond acceptors (Lipinski definition) is 1. The Bertz CT molecular complexity index is 747. The number of halogens is 3. The first kappa shape index (κ1) is 15.6. The Morgan fingerprint density at radius 1 is 0.870 bits per heavy atom. The molecule has 2 aromatic rings. The molecule has 0 amide bonds. The van der Waals surface area contributed by atoms with E-state index in [1.807, 2.05) is 30.3 Å². The number of rotatable bonds is 2. The van der Waals surface area contributed by atoms with Gasteiger partial charge < -0.3 is 5.73 Å². The lowest BCUT2D eigenvalue weighted by Gasteiger charge is -2.38. The van der Waals surface area contributed by atoms with Crippen LogP contribution < -0.4 is 5.73 Å². The first-order valence-electron chi connectivity index (χ1n) is 7.29. The van der Waals surface area contributed by atoms with Gasteiger partial charge in [0.15, 0.2) is 0 Å². The van der Waals surface area contributed by atoms with Gasteiger partial charge in [0.1, 0.15) is 0 Å². The number of nitrogens with two attached hydrogens (primary N) is 1. The highest BCUT2D eigenvalue weighted by Gasteiger charge is 2.51. The van der Waals surface area contributed by atoms with Gasteiger partial charge >= 0.3 is 6.18 Å². The lowest BCUT2D eigenvalue weighted by molar-refractivity contribution is -0.174. The summed E-state index contributed by atoms with van der Waals surface area (Å²) in [7, 11) is 0. The maximum absolute atomic E-state index is 13.5. The zero-order valence-corrected chi connectivity index (χ0v) is 12.3. The molecule has 2 N–H and O–H groups in total. The predicted molar refractivity (Wildman–Crippen MR) is 85.6 cm³/mol. The first-order valence-corrected chi connectivity index (χ1v) is 7.29. The summed E-state index contributed by atoms with van der Waals surface area (Å²) in [6, 6.07) is 16.3. The maximum atomic E-state index is 13.5. The second-order valence-corrected chi connectivity index (χ2v) is 5.61. The zero-order chi connectivity index (χ0) is 16.5. The summed E-state index contributed by atoms with van der Waals surface area (Å²) in [5.41, 5.74) is 6.69. The van der Waals surface area contributed by atoms with Gasteiger partial charge in [-0.2, -0.15) is 13.2 Å². The van der Waals surface area contributed by atoms with Crippen molar-refractivity contribution in [2.75, 3.05) is 0 Å². The SMILES string of the molecule is NC1(c2ccccc2-c2ccccc2)C=CC=CC1C(F)(F)F. The summed E-state index contributed by atoms with van der Waals surface area (Å²) in [4.78, 5) is 0. The molecule has 0 saturated heterocycles. The van der Waals surface area contributed by atoms with Gasteiger partial charge in [0.25, 0.3) is 0 Å². The quantitative estimate of drug-likeness (QED) is 0.845. The van der Waals surface area contributed by atoms with E-state index in [4.69, 9.17) is 5.73 Å². The fourth-order valence-electron chi connectivity index (χ4n) is 3.02. The van der Waals surface area contributed by atoms with Crippen molar-refractivity contribution < 1.29 is 13.2 Å². The van der Waals surface area contributed by atoms with E-state index in [2.05, 4.69) is 0 Å². The van der Waals surface area contributed by atoms with Crippen LogP contribution in [-0.2, 0) is 5.54 Å². The lowest BCUT2D eigenvalue weighted by atomic mass is 9.73. The minimum atomic E-state index is -4.42. The number of hydrogen-bond donors (Lipinski definition) is 1. The average Bonchev–Trinajstić information content (AvgIpc) is 2.55. The Hall–Kier alpha value is -2.33. The molecule has 0 saturated carbocycles. The van der Waals surface area contributed by atoms with Gasteiger partial charge in [-0.1, -0.05) is 78.9 Å². The molecule has 3 rings (SSSR count). The van der Waals surface area contributed by atoms with Crippen LogP contribution in [0.1, 0.15) is 5.56 Å². The minimum Gasteiger partial charge on any atom is -0.317 e. The number of allylic oxidation sites excluding steroid dienone is 2. The van der Waals surface area contributed by atoms with Crippen molar-refractivity contribution in [2.45, 2.75) is 11.7 Å². The van der Waals surface area contributed by atoms with Gasteiger partial charge in [-0.3, -0.25) is 0 Å². The van der Waals surface area contributed by atoms with Gasteiger partial charge in [0, 0.05) is 0 Å². The lowest BCUT2D eigenvalue weighted by Crippen LogP contribution is -2.49. The molecule has 23 heavy (non-hydrogen) atoms. The fourth-order valence-corrected chi connectivity index (χ4v) is 3.02. The van der Waals surface area contributed by atoms with E-state index in [1.54, 1.807) is 30.3 Å². The van der Waals surface area contributed by atoms with Gasteiger partial charge in [-0.25, -0.2) is 0 Å². The Morgan fingerprint density at radius 3 is 2.22 bits per heavy atom. The van der Waals surface area contributed by atoms with Crippen molar-refractivity contribution in [3.05, 3.63) is 84.5 Å². The molecule has 0 heterocycles. The highest BCUT2D eigenvalue weighted by Crippen LogP contribution is 2.45. The summed E-state index contributed by atoms with van der Waals surface area (Å²) in [5, 5.41) is 0. The molecule has 2 unspecified atom stereocenters. The minimum absolute atomic E-state index is 0.467. The first-order chi connectivity index (χ1) is 10.9. The Labute approximate surface area is 132 Å². The van der Waals surface area contributed by atoms with Crippen LogP contribution in [0.3, 0.4) is 0 Å². The topological polar surface area (TPSA) is 26.0 Å². The number of alkyl halides is 3. The average molecular weight is 315 g/mol. The maximum Gasteiger partial charge on any atom is 0.397 e. The molecule has 0 aromatic heterocycles. The second-order valence-electron chi connectivity index (χ2n) is 5.61. The normalized spacial score (nSPS) is 23.9. The molecule has 0 aliphatic heterocycles. The summed E-state index contributed by atoms with van der Waals surface area (Å²) in [5.74, 6) is -1.76. The zero-order valence-electron chi connectivity index (χ0n) is 12.3. The predicted octanol–water partition coefficient (Wildman–Crippen LogP) is 4.81. The molecule has 2 atom stereocenters. The van der Waals surface area contributed by atoms with Crippen LogP contribution in [0.4, 0.5) is 13.2 Å². The van der Waals surface area contributed by atoms with Gasteiger partial charge in [-0.15, -0.1) is 0 Å². The monoisotopic (exact) mass is 315 g/mol. The summed E-state index contributed by atoms with van der Waals surface area (Å²) in [6.07, 6.45) is 1.12. The van der Waals surface area contributed by atoms with Crippen LogP contribution in [0, 0.1) is 5.92 Å². The van der Waals surface area contributed by atoms with Crippen LogP contribution >= 0.6 is 0 Å². The van der Waals surface area contributed by atoms with E-state index in [-0.39, 0.29) is 0 Å². The van der Waals surface area contributed by atoms with Crippen molar-refractivity contribution in [1.82, 2.24) is 0 Å². The Kier molecular flexibility index (Phi) is 3.86. The Morgan fingerprint density at radius 2 is 1.52 bits per heavy atom. The van der Waals surface area contributed by atoms with E-state index in [9.17, 15) is 13.2 Å². The van der Waals surface area contributed by atoms with Crippen LogP contribution in [0.2, 0.25) is 0 Å². The van der Waals surface area contributed by atoms with Crippen LogP contribution in [0.25, 0.3) is 11.1 Å². The fraction of sp³-hybridized carbons (Fsp3) is 0.158. The van der Waals surface area contributed by atoms with E-state index in [0.717, 1.165) is 11.6 Å². The molecular formula is C19H16F3N. The number of benzene rings is 2. The summed E-state index contributed by atoms with van der Waals surface area (Å²) in [6.45, 7) is 0. The molecule has 2 aromatic carbocycles. The molecule has 118 valence electrons. The van der Waals surface area contributed by atoms with E-state index in [0.29, 0.717) is 11.1 Å². The summed E-state index contributed by atoms with van der Waals surface area (Å²) >= 11 is 0. The molecule has 1 aliphatic rings. The molecule has 0 radical (unpaired) electrons. The van der Waals surface area contributed by atoms with Crippen LogP contribution in [0.5, 0.6) is 0 Å². The molecular weight excluding hydrogens is 299 g/mol. The van der Waals surface area contributed by atoms with E-state index >= 15 is 0 Å². The summed E-state index contributed by atoms with van der Waals surface area (Å²) < 4.78 is 40.5. The largest absolute Gasteiger partial charge is 0.397 e. The van der Waals surface area contributed by atoms with Crippen molar-refractivity contribution in [2.24, 2.45) is 11.7 Å². The standard InChI is InChI=1S/C19H16F3N/c20-19(21,22)17-12-6-7-13-18(17,23)16-11-5-4-10-15(16)14-8-2-1-3-9-14/h1-13,17H,23H2. The van der Waals surface area contributed by atoms with E-state index < -0.39 is 17.6 Å². The van der Waals surface area contributed by atoms with Gasteiger partial charge in [0.05, 0.1) is 11.5 Å². The van der Waals surface area contributed by atoms with Crippen molar-refractivity contribution in [3.63, 3.8) is 0 Å². The van der Waals surface area contributed by atoms with Gasteiger partial charge in [-0.05, 0) is 16.7 Å². The van der Waals surface area contributed by atoms with Crippen molar-refractivity contribution in [3.8, 4) is 11.1 Å². The highest BCUT2D eigenvalue weighted by atomic mass is 19.4. The molecule has 1 nitrogen and oxygen atoms in total. The smallest absolute Gasteiger partial charge is 0.317 e. The van der Waals surface area contributed by atoms with E-state index in [1.165, 1.54) is 12.2 Å². The van der Waals surface area contributed by atoms with Gasteiger partial charge in [0.2, 0.25) is 0 Å². The molecule has 0 bridgehead atoms. The van der Waals surface area contributed by atoms with Crippen molar-refractivity contribution in [1.29, 1.82) is 0 Å². The van der Waals surface area contributed by atoms with Crippen LogP contribution in [-0.4, -0.2) is 6.18 Å². The molecule has 0 fully saturated rings. The molecule has 0 spiro atoms. The Balaban J connectivity index is 2.18. The second kappa shape index (κ2) is 5.70. The van der Waals surface area contributed by atoms with Crippen LogP contribution in [0.15, 0.2) is 78.9 Å².